The molecule has 0 amide bonds. The summed E-state index contributed by atoms with van der Waals surface area (Å²) in [5.74, 6) is -0.453. The van der Waals surface area contributed by atoms with Crippen LogP contribution in [0.5, 0.6) is 0 Å². The van der Waals surface area contributed by atoms with Gasteiger partial charge in [0.05, 0.1) is 18.8 Å². The molecule has 0 radical (unpaired) electrons. The molecule has 14 heavy (non-hydrogen) atoms. The number of ether oxygens (including phenoxy) is 1. The van der Waals surface area contributed by atoms with Gasteiger partial charge in [-0.25, -0.2) is 14.8 Å². The van der Waals surface area contributed by atoms with E-state index >= 15 is 0 Å². The quantitative estimate of drug-likeness (QED) is 0.572. The molecule has 2 aromatic heterocycles. The summed E-state index contributed by atoms with van der Waals surface area (Å²) in [6, 6.07) is 0. The molecule has 0 aliphatic rings. The Balaban J connectivity index is 2.67. The van der Waals surface area contributed by atoms with Crippen molar-refractivity contribution >= 4 is 28.6 Å². The first-order valence-corrected chi connectivity index (χ1v) is 4.18. The molecule has 0 fully saturated rings. The normalized spacial score (nSPS) is 10.4. The number of methoxy groups -OCH3 is 1. The van der Waals surface area contributed by atoms with Crippen LogP contribution in [0.1, 0.15) is 10.4 Å². The van der Waals surface area contributed by atoms with E-state index in [1.54, 1.807) is 0 Å². The summed E-state index contributed by atoms with van der Waals surface area (Å²) in [5.41, 5.74) is 1.47. The van der Waals surface area contributed by atoms with E-state index in [0.29, 0.717) is 16.6 Å². The predicted octanol–water partition coefficient (Wildman–Crippen LogP) is 1.40. The molecule has 0 unspecified atom stereocenters. The molecule has 0 saturated carbocycles. The highest BCUT2D eigenvalue weighted by Crippen LogP contribution is 2.17. The first kappa shape index (κ1) is 8.96. The first-order chi connectivity index (χ1) is 6.72. The number of hydrogen-bond donors (Lipinski definition) is 1. The van der Waals surface area contributed by atoms with Gasteiger partial charge in [0.15, 0.2) is 0 Å². The number of fused-ring (bicyclic) bond motifs is 1. The van der Waals surface area contributed by atoms with Gasteiger partial charge < -0.3 is 9.72 Å². The van der Waals surface area contributed by atoms with Gasteiger partial charge in [-0.05, 0) is 11.6 Å². The van der Waals surface area contributed by atoms with Gasteiger partial charge in [-0.1, -0.05) is 0 Å². The van der Waals surface area contributed by atoms with E-state index in [1.807, 2.05) is 0 Å². The van der Waals surface area contributed by atoms with Gasteiger partial charge in [0.1, 0.15) is 11.1 Å². The molecule has 0 aliphatic carbocycles. The van der Waals surface area contributed by atoms with Crippen molar-refractivity contribution in [2.24, 2.45) is 0 Å². The molecule has 0 bridgehead atoms. The number of carbonyl (C=O) groups excluding carboxylic acids is 1. The van der Waals surface area contributed by atoms with Gasteiger partial charge in [0.2, 0.25) is 5.28 Å². The van der Waals surface area contributed by atoms with E-state index in [0.717, 1.165) is 0 Å². The van der Waals surface area contributed by atoms with E-state index in [1.165, 1.54) is 19.5 Å². The van der Waals surface area contributed by atoms with E-state index in [2.05, 4.69) is 19.7 Å². The number of carbonyl (C=O) groups is 1. The Kier molecular flexibility index (Phi) is 2.09. The lowest BCUT2D eigenvalue weighted by Gasteiger charge is -1.95. The zero-order valence-electron chi connectivity index (χ0n) is 7.24. The van der Waals surface area contributed by atoms with Gasteiger partial charge in [-0.2, -0.15) is 0 Å². The Morgan fingerprint density at radius 3 is 3.14 bits per heavy atom. The fourth-order valence-corrected chi connectivity index (χ4v) is 1.29. The minimum atomic E-state index is -0.453. The number of aromatic amines is 1. The van der Waals surface area contributed by atoms with Crippen molar-refractivity contribution in [2.45, 2.75) is 0 Å². The number of nitrogens with one attached hydrogen (secondary N) is 1. The van der Waals surface area contributed by atoms with E-state index in [4.69, 9.17) is 11.6 Å². The van der Waals surface area contributed by atoms with Crippen LogP contribution in [0.4, 0.5) is 0 Å². The largest absolute Gasteiger partial charge is 0.465 e. The second-order valence-corrected chi connectivity index (χ2v) is 2.93. The topological polar surface area (TPSA) is 67.9 Å². The fraction of sp³-hybridized carbons (Fsp3) is 0.125. The fourth-order valence-electron chi connectivity index (χ4n) is 1.16. The second kappa shape index (κ2) is 3.26. The third-order valence-corrected chi connectivity index (χ3v) is 1.97. The average Bonchev–Trinajstić information content (AvgIpc) is 2.59. The van der Waals surface area contributed by atoms with Crippen LogP contribution in [0.25, 0.3) is 11.0 Å². The van der Waals surface area contributed by atoms with Crippen LogP contribution in [-0.4, -0.2) is 28.0 Å². The van der Waals surface area contributed by atoms with Gasteiger partial charge in [-0.3, -0.25) is 0 Å². The second-order valence-electron chi connectivity index (χ2n) is 2.60. The van der Waals surface area contributed by atoms with Gasteiger partial charge in [-0.15, -0.1) is 0 Å². The zero-order valence-corrected chi connectivity index (χ0v) is 8.00. The summed E-state index contributed by atoms with van der Waals surface area (Å²) >= 11 is 5.61. The zero-order chi connectivity index (χ0) is 10.1. The van der Waals surface area contributed by atoms with Crippen molar-refractivity contribution in [2.75, 3.05) is 7.11 Å². The van der Waals surface area contributed by atoms with Crippen LogP contribution < -0.4 is 0 Å². The molecule has 0 aliphatic heterocycles. The molecule has 1 N–H and O–H groups in total. The first-order valence-electron chi connectivity index (χ1n) is 3.80. The Morgan fingerprint density at radius 1 is 1.64 bits per heavy atom. The molecular weight excluding hydrogens is 206 g/mol. The molecule has 5 nitrogen and oxygen atoms in total. The summed E-state index contributed by atoms with van der Waals surface area (Å²) in [4.78, 5) is 21.8. The van der Waals surface area contributed by atoms with Crippen LogP contribution in [0, 0.1) is 0 Å². The van der Waals surface area contributed by atoms with Gasteiger partial charge >= 0.3 is 5.97 Å². The van der Waals surface area contributed by atoms with Crippen LogP contribution >= 0.6 is 11.6 Å². The molecule has 0 spiro atoms. The van der Waals surface area contributed by atoms with Crippen molar-refractivity contribution in [3.63, 3.8) is 0 Å². The van der Waals surface area contributed by atoms with Crippen molar-refractivity contribution in [3.8, 4) is 0 Å². The molecular formula is C8H6ClN3O2. The predicted molar refractivity (Wildman–Crippen MR) is 50.2 cm³/mol. The average molecular weight is 212 g/mol. The number of aromatic nitrogens is 3. The summed E-state index contributed by atoms with van der Waals surface area (Å²) in [5, 5.41) is 0.0993. The number of hydrogen-bond acceptors (Lipinski definition) is 4. The lowest BCUT2D eigenvalue weighted by molar-refractivity contribution is 0.0603. The van der Waals surface area contributed by atoms with E-state index < -0.39 is 5.97 Å². The Labute approximate surface area is 84.1 Å². The molecule has 0 saturated heterocycles. The maximum absolute atomic E-state index is 11.3. The third-order valence-electron chi connectivity index (χ3n) is 1.79. The molecule has 2 aromatic rings. The van der Waals surface area contributed by atoms with Crippen LogP contribution in [0.15, 0.2) is 12.4 Å². The minimum absolute atomic E-state index is 0.0993. The van der Waals surface area contributed by atoms with Gasteiger partial charge in [0, 0.05) is 6.20 Å². The Bertz CT molecular complexity index is 494. The van der Waals surface area contributed by atoms with Crippen LogP contribution in [0.2, 0.25) is 5.28 Å². The van der Waals surface area contributed by atoms with Crippen molar-refractivity contribution in [1.29, 1.82) is 0 Å². The van der Waals surface area contributed by atoms with E-state index in [9.17, 15) is 4.79 Å². The lowest BCUT2D eigenvalue weighted by Crippen LogP contribution is -2.00. The van der Waals surface area contributed by atoms with Crippen LogP contribution in [-0.2, 0) is 4.74 Å². The third kappa shape index (κ3) is 1.31. The van der Waals surface area contributed by atoms with Crippen molar-refractivity contribution in [3.05, 3.63) is 23.2 Å². The monoisotopic (exact) mass is 211 g/mol. The maximum atomic E-state index is 11.3. The van der Waals surface area contributed by atoms with Crippen molar-refractivity contribution < 1.29 is 9.53 Å². The molecule has 72 valence electrons. The number of nitrogens with zero attached hydrogens (tertiary/aromatic N) is 2. The highest BCUT2D eigenvalue weighted by Gasteiger charge is 2.13. The summed E-state index contributed by atoms with van der Waals surface area (Å²) in [6.07, 6.45) is 3.03. The number of halogens is 1. The number of rotatable bonds is 1. The molecule has 2 rings (SSSR count). The van der Waals surface area contributed by atoms with Crippen molar-refractivity contribution in [1.82, 2.24) is 15.0 Å². The highest BCUT2D eigenvalue weighted by atomic mass is 35.5. The SMILES string of the molecule is COC(=O)c1c[nH]c2cnc(Cl)nc12. The molecule has 0 atom stereocenters. The summed E-state index contributed by atoms with van der Waals surface area (Å²) in [6.45, 7) is 0. The highest BCUT2D eigenvalue weighted by molar-refractivity contribution is 6.28. The maximum Gasteiger partial charge on any atom is 0.341 e. The summed E-state index contributed by atoms with van der Waals surface area (Å²) < 4.78 is 4.58. The van der Waals surface area contributed by atoms with Crippen LogP contribution in [0.3, 0.4) is 0 Å². The summed E-state index contributed by atoms with van der Waals surface area (Å²) in [7, 11) is 1.31. The smallest absolute Gasteiger partial charge is 0.341 e. The minimum Gasteiger partial charge on any atom is -0.465 e. The van der Waals surface area contributed by atoms with Gasteiger partial charge in [0.25, 0.3) is 0 Å². The number of H-pyrrole nitrogens is 1. The Morgan fingerprint density at radius 2 is 2.43 bits per heavy atom. The standard InChI is InChI=1S/C8H6ClN3O2/c1-14-7(13)4-2-10-5-3-11-8(9)12-6(4)5/h2-3,10H,1H3. The molecule has 2 heterocycles. The molecule has 0 aromatic carbocycles. The van der Waals surface area contributed by atoms with E-state index in [-0.39, 0.29) is 5.28 Å². The number of esters is 1. The Hall–Kier alpha value is -1.62. The lowest BCUT2D eigenvalue weighted by atomic mass is 10.3. The molecule has 6 heteroatoms.